The van der Waals surface area contributed by atoms with Crippen LogP contribution in [0.2, 0.25) is 0 Å². The Hall–Kier alpha value is -1.95. The SMILES string of the molecule is O=C(O)C(Nc1cc(F)c(Br)cc1F)c1ccccc1. The summed E-state index contributed by atoms with van der Waals surface area (Å²) < 4.78 is 27.1. The molecule has 0 aromatic heterocycles. The monoisotopic (exact) mass is 341 g/mol. The van der Waals surface area contributed by atoms with Gasteiger partial charge in [0.1, 0.15) is 11.6 Å². The Balaban J connectivity index is 2.35. The van der Waals surface area contributed by atoms with Crippen molar-refractivity contribution in [1.29, 1.82) is 0 Å². The van der Waals surface area contributed by atoms with Gasteiger partial charge in [0.15, 0.2) is 6.04 Å². The summed E-state index contributed by atoms with van der Waals surface area (Å²) in [6.07, 6.45) is 0. The lowest BCUT2D eigenvalue weighted by Crippen LogP contribution is -2.21. The molecule has 0 aliphatic rings. The van der Waals surface area contributed by atoms with Crippen molar-refractivity contribution < 1.29 is 18.7 Å². The minimum absolute atomic E-state index is 0.0212. The van der Waals surface area contributed by atoms with Gasteiger partial charge in [0.05, 0.1) is 10.2 Å². The third-order valence-corrected chi connectivity index (χ3v) is 3.30. The number of anilines is 1. The molecular formula is C14H10BrF2NO2. The lowest BCUT2D eigenvalue weighted by molar-refractivity contribution is -0.138. The Labute approximate surface area is 122 Å². The smallest absolute Gasteiger partial charge is 0.330 e. The molecule has 0 aliphatic heterocycles. The van der Waals surface area contributed by atoms with Crippen LogP contribution in [0.4, 0.5) is 14.5 Å². The van der Waals surface area contributed by atoms with Crippen LogP contribution < -0.4 is 5.32 Å². The van der Waals surface area contributed by atoms with Gasteiger partial charge in [-0.15, -0.1) is 0 Å². The minimum Gasteiger partial charge on any atom is -0.479 e. The Morgan fingerprint density at radius 3 is 2.40 bits per heavy atom. The molecule has 2 rings (SSSR count). The van der Waals surface area contributed by atoms with E-state index in [1.165, 1.54) is 0 Å². The van der Waals surface area contributed by atoms with Gasteiger partial charge < -0.3 is 10.4 Å². The average Bonchev–Trinajstić information content (AvgIpc) is 2.42. The molecule has 6 heteroatoms. The lowest BCUT2D eigenvalue weighted by atomic mass is 10.1. The number of hydrogen-bond acceptors (Lipinski definition) is 2. The third kappa shape index (κ3) is 3.14. The van der Waals surface area contributed by atoms with Crippen molar-refractivity contribution in [2.24, 2.45) is 0 Å². The maximum atomic E-state index is 13.7. The van der Waals surface area contributed by atoms with Crippen LogP contribution in [0.3, 0.4) is 0 Å². The molecule has 0 radical (unpaired) electrons. The van der Waals surface area contributed by atoms with E-state index in [4.69, 9.17) is 0 Å². The van der Waals surface area contributed by atoms with E-state index in [0.717, 1.165) is 12.1 Å². The molecule has 0 saturated heterocycles. The number of hydrogen-bond donors (Lipinski definition) is 2. The van der Waals surface area contributed by atoms with E-state index in [-0.39, 0.29) is 10.2 Å². The zero-order chi connectivity index (χ0) is 14.7. The summed E-state index contributed by atoms with van der Waals surface area (Å²) >= 11 is 2.86. The van der Waals surface area contributed by atoms with Gasteiger partial charge in [-0.3, -0.25) is 0 Å². The summed E-state index contributed by atoms with van der Waals surface area (Å²) in [6.45, 7) is 0. The molecule has 0 bridgehead atoms. The van der Waals surface area contributed by atoms with E-state index >= 15 is 0 Å². The van der Waals surface area contributed by atoms with Crippen molar-refractivity contribution >= 4 is 27.6 Å². The number of aliphatic carboxylic acids is 1. The highest BCUT2D eigenvalue weighted by Gasteiger charge is 2.21. The zero-order valence-corrected chi connectivity index (χ0v) is 11.7. The molecule has 0 heterocycles. The number of carboxylic acid groups (broad SMARTS) is 1. The maximum Gasteiger partial charge on any atom is 0.330 e. The van der Waals surface area contributed by atoms with Crippen LogP contribution in [-0.2, 0) is 4.79 Å². The van der Waals surface area contributed by atoms with Gasteiger partial charge >= 0.3 is 5.97 Å². The number of rotatable bonds is 4. The first-order valence-electron chi connectivity index (χ1n) is 5.68. The van der Waals surface area contributed by atoms with Gasteiger partial charge in [0, 0.05) is 6.07 Å². The second-order valence-corrected chi connectivity index (χ2v) is 4.93. The lowest BCUT2D eigenvalue weighted by Gasteiger charge is -2.17. The molecule has 3 nitrogen and oxygen atoms in total. The normalized spacial score (nSPS) is 11.9. The first kappa shape index (κ1) is 14.5. The standard InChI is InChI=1S/C14H10BrF2NO2/c15-9-6-11(17)12(7-10(9)16)18-13(14(19)20)8-4-2-1-3-5-8/h1-7,13,18H,(H,19,20). The van der Waals surface area contributed by atoms with Crippen molar-refractivity contribution in [3.8, 4) is 0 Å². The van der Waals surface area contributed by atoms with Gasteiger partial charge in [-0.25, -0.2) is 13.6 Å². The Morgan fingerprint density at radius 2 is 1.80 bits per heavy atom. The van der Waals surface area contributed by atoms with Crippen LogP contribution in [0.1, 0.15) is 11.6 Å². The van der Waals surface area contributed by atoms with E-state index < -0.39 is 23.6 Å². The highest BCUT2D eigenvalue weighted by molar-refractivity contribution is 9.10. The molecule has 2 aromatic carbocycles. The Kier molecular flexibility index (Phi) is 4.34. The third-order valence-electron chi connectivity index (χ3n) is 2.69. The van der Waals surface area contributed by atoms with Crippen LogP contribution in [-0.4, -0.2) is 11.1 Å². The molecule has 0 spiro atoms. The van der Waals surface area contributed by atoms with Crippen molar-refractivity contribution in [2.75, 3.05) is 5.32 Å². The van der Waals surface area contributed by atoms with Gasteiger partial charge in [0.2, 0.25) is 0 Å². The molecule has 1 atom stereocenters. The van der Waals surface area contributed by atoms with E-state index in [2.05, 4.69) is 21.2 Å². The van der Waals surface area contributed by atoms with E-state index in [1.807, 2.05) is 0 Å². The molecule has 2 aromatic rings. The maximum absolute atomic E-state index is 13.7. The van der Waals surface area contributed by atoms with E-state index in [0.29, 0.717) is 5.56 Å². The summed E-state index contributed by atoms with van der Waals surface area (Å²) in [4.78, 5) is 11.3. The Bertz CT molecular complexity index is 635. The average molecular weight is 342 g/mol. The van der Waals surface area contributed by atoms with Gasteiger partial charge in [-0.05, 0) is 27.6 Å². The number of carboxylic acids is 1. The first-order chi connectivity index (χ1) is 9.49. The van der Waals surface area contributed by atoms with Gasteiger partial charge in [-0.1, -0.05) is 30.3 Å². The van der Waals surface area contributed by atoms with E-state index in [9.17, 15) is 18.7 Å². The van der Waals surface area contributed by atoms with Crippen molar-refractivity contribution in [3.63, 3.8) is 0 Å². The van der Waals surface area contributed by atoms with E-state index in [1.54, 1.807) is 30.3 Å². The predicted octanol–water partition coefficient (Wildman–Crippen LogP) is 3.97. The first-order valence-corrected chi connectivity index (χ1v) is 6.47. The van der Waals surface area contributed by atoms with Crippen LogP contribution in [0.15, 0.2) is 46.9 Å². The molecule has 104 valence electrons. The summed E-state index contributed by atoms with van der Waals surface area (Å²) in [7, 11) is 0. The Morgan fingerprint density at radius 1 is 1.15 bits per heavy atom. The summed E-state index contributed by atoms with van der Waals surface area (Å²) in [5.41, 5.74) is 0.240. The van der Waals surface area contributed by atoms with Gasteiger partial charge in [-0.2, -0.15) is 0 Å². The molecule has 20 heavy (non-hydrogen) atoms. The quantitative estimate of drug-likeness (QED) is 0.827. The highest BCUT2D eigenvalue weighted by atomic mass is 79.9. The van der Waals surface area contributed by atoms with Crippen molar-refractivity contribution in [3.05, 3.63) is 64.1 Å². The molecule has 1 unspecified atom stereocenters. The van der Waals surface area contributed by atoms with Crippen LogP contribution >= 0.6 is 15.9 Å². The van der Waals surface area contributed by atoms with Crippen molar-refractivity contribution in [1.82, 2.24) is 0 Å². The molecule has 0 amide bonds. The van der Waals surface area contributed by atoms with Gasteiger partial charge in [0.25, 0.3) is 0 Å². The molecule has 0 fully saturated rings. The number of benzene rings is 2. The predicted molar refractivity (Wildman–Crippen MR) is 74.5 cm³/mol. The van der Waals surface area contributed by atoms with Crippen molar-refractivity contribution in [2.45, 2.75) is 6.04 Å². The topological polar surface area (TPSA) is 49.3 Å². The summed E-state index contributed by atoms with van der Waals surface area (Å²) in [6, 6.07) is 8.97. The second kappa shape index (κ2) is 6.00. The summed E-state index contributed by atoms with van der Waals surface area (Å²) in [5, 5.41) is 11.7. The highest BCUT2D eigenvalue weighted by Crippen LogP contribution is 2.27. The molecule has 0 saturated carbocycles. The fourth-order valence-electron chi connectivity index (χ4n) is 1.72. The fraction of sp³-hybridized carbons (Fsp3) is 0.0714. The minimum atomic E-state index is -1.18. The van der Waals surface area contributed by atoms with Crippen LogP contribution in [0, 0.1) is 11.6 Å². The molecular weight excluding hydrogens is 332 g/mol. The fourth-order valence-corrected chi connectivity index (χ4v) is 2.04. The molecule has 0 aliphatic carbocycles. The zero-order valence-electron chi connectivity index (χ0n) is 10.1. The summed E-state index contributed by atoms with van der Waals surface area (Å²) in [5.74, 6) is -2.59. The number of carbonyl (C=O) groups is 1. The number of nitrogens with one attached hydrogen (secondary N) is 1. The van der Waals surface area contributed by atoms with Crippen LogP contribution in [0.5, 0.6) is 0 Å². The molecule has 2 N–H and O–H groups in total. The van der Waals surface area contributed by atoms with Crippen LogP contribution in [0.25, 0.3) is 0 Å². The largest absolute Gasteiger partial charge is 0.479 e. The number of halogens is 3. The second-order valence-electron chi connectivity index (χ2n) is 4.07.